The van der Waals surface area contributed by atoms with Crippen molar-refractivity contribution in [2.24, 2.45) is 5.92 Å². The SMILES string of the molecule is CNCc1ccc(C(=O)N2CCCC(C(O)(CCCNC(=O)O)c3cccc(Cl)c3-c3ccc4c(c3)OCC4)C2)c(F)c1. The first-order valence-electron chi connectivity index (χ1n) is 14.7. The van der Waals surface area contributed by atoms with Gasteiger partial charge in [-0.15, -0.1) is 0 Å². The average Bonchev–Trinajstić information content (AvgIpc) is 3.47. The Bertz CT molecular complexity index is 1500. The maximum absolute atomic E-state index is 15.0. The summed E-state index contributed by atoms with van der Waals surface area (Å²) in [6.45, 7) is 1.89. The zero-order valence-electron chi connectivity index (χ0n) is 24.2. The summed E-state index contributed by atoms with van der Waals surface area (Å²) in [4.78, 5) is 26.3. The molecule has 3 aromatic rings. The van der Waals surface area contributed by atoms with Gasteiger partial charge in [0.1, 0.15) is 11.6 Å². The van der Waals surface area contributed by atoms with Gasteiger partial charge < -0.3 is 30.5 Å². The molecule has 2 unspecified atom stereocenters. The van der Waals surface area contributed by atoms with Crippen LogP contribution < -0.4 is 15.4 Å². The predicted octanol–water partition coefficient (Wildman–Crippen LogP) is 5.59. The number of fused-ring (bicyclic) bond motifs is 1. The normalized spacial score (nSPS) is 17.6. The highest BCUT2D eigenvalue weighted by Gasteiger charge is 2.43. The summed E-state index contributed by atoms with van der Waals surface area (Å²) in [5, 5.41) is 27.6. The van der Waals surface area contributed by atoms with Crippen molar-refractivity contribution in [1.29, 1.82) is 0 Å². The monoisotopic (exact) mass is 609 g/mol. The van der Waals surface area contributed by atoms with Gasteiger partial charge in [0, 0.05) is 49.1 Å². The summed E-state index contributed by atoms with van der Waals surface area (Å²) in [6.07, 6.45) is 1.51. The van der Waals surface area contributed by atoms with Gasteiger partial charge in [-0.05, 0) is 79.3 Å². The lowest BCUT2D eigenvalue weighted by molar-refractivity contribution is -0.0563. The molecule has 2 aliphatic heterocycles. The predicted molar refractivity (Wildman–Crippen MR) is 163 cm³/mol. The molecule has 2 atom stereocenters. The first-order chi connectivity index (χ1) is 20.7. The molecule has 2 amide bonds. The third-order valence-electron chi connectivity index (χ3n) is 8.50. The Morgan fingerprint density at radius 2 is 2.02 bits per heavy atom. The van der Waals surface area contributed by atoms with Gasteiger partial charge in [0.2, 0.25) is 0 Å². The number of hydrogen-bond donors (Lipinski definition) is 4. The maximum Gasteiger partial charge on any atom is 0.404 e. The second-order valence-electron chi connectivity index (χ2n) is 11.3. The summed E-state index contributed by atoms with van der Waals surface area (Å²) in [6, 6.07) is 16.0. The number of benzene rings is 3. The molecule has 5 rings (SSSR count). The first kappa shape index (κ1) is 30.8. The van der Waals surface area contributed by atoms with Crippen molar-refractivity contribution in [3.05, 3.63) is 87.7 Å². The van der Waals surface area contributed by atoms with Gasteiger partial charge in [0.15, 0.2) is 0 Å². The number of piperidine rings is 1. The second kappa shape index (κ2) is 13.3. The highest BCUT2D eigenvalue weighted by molar-refractivity contribution is 6.33. The van der Waals surface area contributed by atoms with Gasteiger partial charge in [-0.1, -0.05) is 41.9 Å². The molecule has 3 aromatic carbocycles. The summed E-state index contributed by atoms with van der Waals surface area (Å²) in [5.74, 6) is -0.625. The maximum atomic E-state index is 15.0. The van der Waals surface area contributed by atoms with Crippen molar-refractivity contribution < 1.29 is 28.9 Å². The van der Waals surface area contributed by atoms with Crippen LogP contribution in [0.2, 0.25) is 5.02 Å². The lowest BCUT2D eigenvalue weighted by Gasteiger charge is -2.44. The minimum atomic E-state index is -1.46. The number of likely N-dealkylation sites (tertiary alicyclic amines) is 1. The van der Waals surface area contributed by atoms with Crippen LogP contribution in [0, 0.1) is 11.7 Å². The van der Waals surface area contributed by atoms with E-state index in [1.807, 2.05) is 24.3 Å². The number of carboxylic acid groups (broad SMARTS) is 1. The number of ether oxygens (including phenoxy) is 1. The third-order valence-corrected chi connectivity index (χ3v) is 8.82. The Balaban J connectivity index is 1.50. The zero-order valence-corrected chi connectivity index (χ0v) is 24.9. The zero-order chi connectivity index (χ0) is 30.6. The molecule has 8 nitrogen and oxygen atoms in total. The van der Waals surface area contributed by atoms with Gasteiger partial charge in [-0.25, -0.2) is 9.18 Å². The molecular weight excluding hydrogens is 573 g/mol. The second-order valence-corrected chi connectivity index (χ2v) is 11.7. The molecular formula is C33H37ClFN3O5. The lowest BCUT2D eigenvalue weighted by Crippen LogP contribution is -2.48. The lowest BCUT2D eigenvalue weighted by atomic mass is 9.72. The van der Waals surface area contributed by atoms with Crippen LogP contribution in [0.15, 0.2) is 54.6 Å². The number of carbonyl (C=O) groups excluding carboxylic acids is 1. The highest BCUT2D eigenvalue weighted by atomic mass is 35.5. The number of nitrogens with one attached hydrogen (secondary N) is 2. The Morgan fingerprint density at radius 3 is 2.79 bits per heavy atom. The van der Waals surface area contributed by atoms with Crippen molar-refractivity contribution in [1.82, 2.24) is 15.5 Å². The van der Waals surface area contributed by atoms with Crippen LogP contribution >= 0.6 is 11.6 Å². The molecule has 43 heavy (non-hydrogen) atoms. The number of amides is 2. The molecule has 228 valence electrons. The van der Waals surface area contributed by atoms with E-state index in [0.717, 1.165) is 28.9 Å². The number of rotatable bonds is 10. The topological polar surface area (TPSA) is 111 Å². The summed E-state index contributed by atoms with van der Waals surface area (Å²) in [5.41, 5.74) is 2.46. The minimum absolute atomic E-state index is 0.00344. The van der Waals surface area contributed by atoms with Crippen LogP contribution in [0.4, 0.5) is 9.18 Å². The molecule has 0 aromatic heterocycles. The van der Waals surface area contributed by atoms with Crippen LogP contribution in [0.3, 0.4) is 0 Å². The van der Waals surface area contributed by atoms with Crippen molar-refractivity contribution in [3.8, 4) is 16.9 Å². The van der Waals surface area contributed by atoms with Crippen molar-refractivity contribution in [2.45, 2.75) is 44.2 Å². The smallest absolute Gasteiger partial charge is 0.404 e. The van der Waals surface area contributed by atoms with Crippen molar-refractivity contribution in [2.75, 3.05) is 33.3 Å². The molecule has 2 aliphatic rings. The van der Waals surface area contributed by atoms with E-state index in [4.69, 9.17) is 21.4 Å². The largest absolute Gasteiger partial charge is 0.493 e. The van der Waals surface area contributed by atoms with E-state index in [1.54, 1.807) is 30.1 Å². The average molecular weight is 610 g/mol. The van der Waals surface area contributed by atoms with Crippen molar-refractivity contribution >= 4 is 23.6 Å². The molecule has 2 heterocycles. The van der Waals surface area contributed by atoms with E-state index < -0.39 is 29.3 Å². The molecule has 0 spiro atoms. The van der Waals surface area contributed by atoms with Gasteiger partial charge in [-0.3, -0.25) is 4.79 Å². The number of halogens is 2. The summed E-state index contributed by atoms with van der Waals surface area (Å²) >= 11 is 6.82. The minimum Gasteiger partial charge on any atom is -0.493 e. The summed E-state index contributed by atoms with van der Waals surface area (Å²) < 4.78 is 20.8. The van der Waals surface area contributed by atoms with Gasteiger partial charge in [0.25, 0.3) is 5.91 Å². The van der Waals surface area contributed by atoms with Crippen LogP contribution in [0.5, 0.6) is 5.75 Å². The van der Waals surface area contributed by atoms with E-state index in [9.17, 15) is 14.7 Å². The molecule has 0 saturated carbocycles. The van der Waals surface area contributed by atoms with Crippen LogP contribution in [0.1, 0.15) is 52.7 Å². The molecule has 0 aliphatic carbocycles. The number of nitrogens with zero attached hydrogens (tertiary/aromatic N) is 1. The molecule has 0 bridgehead atoms. The Labute approximate surface area is 255 Å². The van der Waals surface area contributed by atoms with Gasteiger partial charge in [0.05, 0.1) is 17.8 Å². The highest BCUT2D eigenvalue weighted by Crippen LogP contribution is 2.46. The summed E-state index contributed by atoms with van der Waals surface area (Å²) in [7, 11) is 1.77. The molecule has 10 heteroatoms. The van der Waals surface area contributed by atoms with Crippen LogP contribution in [0.25, 0.3) is 11.1 Å². The van der Waals surface area contributed by atoms with E-state index in [0.29, 0.717) is 55.1 Å². The fourth-order valence-electron chi connectivity index (χ4n) is 6.38. The van der Waals surface area contributed by atoms with Gasteiger partial charge >= 0.3 is 6.09 Å². The van der Waals surface area contributed by atoms with E-state index >= 15 is 4.39 Å². The third kappa shape index (κ3) is 6.64. The van der Waals surface area contributed by atoms with Crippen LogP contribution in [-0.2, 0) is 18.6 Å². The van der Waals surface area contributed by atoms with E-state index in [2.05, 4.69) is 10.6 Å². The van der Waals surface area contributed by atoms with E-state index in [-0.39, 0.29) is 25.1 Å². The first-order valence-corrected chi connectivity index (χ1v) is 15.1. The molecule has 0 radical (unpaired) electrons. The standard InChI is InChI=1S/C33H37ClFN3O5/c1-36-19-21-8-11-25(28(35)17-21)31(39)38-15-3-5-24(20-38)33(42,13-4-14-37-32(40)41)26-6-2-7-27(34)30(26)23-10-9-22-12-16-43-29(22)18-23/h2,6-11,17-18,24,36-37,42H,3-5,12-16,19-20H2,1H3,(H,40,41). The Kier molecular flexibility index (Phi) is 9.54. The fraction of sp³-hybridized carbons (Fsp3) is 0.394. The number of aliphatic hydroxyl groups is 1. The molecule has 4 N–H and O–H groups in total. The van der Waals surface area contributed by atoms with Gasteiger partial charge in [-0.2, -0.15) is 0 Å². The molecule has 1 fully saturated rings. The Morgan fingerprint density at radius 1 is 1.19 bits per heavy atom. The molecule has 1 saturated heterocycles. The van der Waals surface area contributed by atoms with Crippen LogP contribution in [-0.4, -0.2) is 60.4 Å². The fourth-order valence-corrected chi connectivity index (χ4v) is 6.66. The quantitative estimate of drug-likeness (QED) is 0.223. The Hall–Kier alpha value is -3.66. The van der Waals surface area contributed by atoms with E-state index in [1.165, 1.54) is 12.1 Å². The number of hydrogen-bond acceptors (Lipinski definition) is 5. The van der Waals surface area contributed by atoms with Crippen molar-refractivity contribution in [3.63, 3.8) is 0 Å². The number of carbonyl (C=O) groups is 2.